The molecule has 0 aromatic heterocycles. The average Bonchev–Trinajstić information content (AvgIpc) is 2.94. The molecule has 1 N–H and O–H groups in total. The van der Waals surface area contributed by atoms with Crippen molar-refractivity contribution >= 4 is 40.7 Å². The zero-order chi connectivity index (χ0) is 20.7. The number of fused-ring (bicyclic) bond motifs is 1. The summed E-state index contributed by atoms with van der Waals surface area (Å²) in [5.41, 5.74) is 2.11. The Bertz CT molecular complexity index is 1000. The minimum absolute atomic E-state index is 0.189. The van der Waals surface area contributed by atoms with Crippen molar-refractivity contribution in [2.75, 3.05) is 10.2 Å². The molecule has 0 unspecified atom stereocenters. The molecule has 1 heterocycles. The van der Waals surface area contributed by atoms with Gasteiger partial charge in [-0.2, -0.15) is 0 Å². The topological polar surface area (TPSA) is 66.5 Å². The first kappa shape index (κ1) is 19.6. The molecule has 0 radical (unpaired) electrons. The highest BCUT2D eigenvalue weighted by Crippen LogP contribution is 2.42. The van der Waals surface area contributed by atoms with Gasteiger partial charge in [0, 0.05) is 10.7 Å². The lowest BCUT2D eigenvalue weighted by atomic mass is 9.76. The van der Waals surface area contributed by atoms with Gasteiger partial charge in [0.15, 0.2) is 0 Å². The van der Waals surface area contributed by atoms with Gasteiger partial charge in [0.05, 0.1) is 23.1 Å². The summed E-state index contributed by atoms with van der Waals surface area (Å²) < 4.78 is 0. The number of hydrogen-bond donors (Lipinski definition) is 1. The fourth-order valence-electron chi connectivity index (χ4n) is 4.41. The van der Waals surface area contributed by atoms with Gasteiger partial charge in [-0.1, -0.05) is 36.7 Å². The Morgan fingerprint density at radius 1 is 1.07 bits per heavy atom. The van der Waals surface area contributed by atoms with Gasteiger partial charge in [0.1, 0.15) is 0 Å². The van der Waals surface area contributed by atoms with Crippen molar-refractivity contribution in [3.8, 4) is 0 Å². The quantitative estimate of drug-likeness (QED) is 0.737. The molecule has 2 fully saturated rings. The number of carbonyl (C=O) groups is 3. The molecule has 29 heavy (non-hydrogen) atoms. The first-order valence-corrected chi connectivity index (χ1v) is 10.3. The van der Waals surface area contributed by atoms with E-state index < -0.39 is 0 Å². The number of para-hydroxylation sites is 1. The third kappa shape index (κ3) is 3.55. The molecule has 1 saturated carbocycles. The van der Waals surface area contributed by atoms with E-state index >= 15 is 0 Å². The first-order chi connectivity index (χ1) is 13.9. The minimum atomic E-state index is -0.380. The van der Waals surface area contributed by atoms with E-state index in [1.165, 1.54) is 4.90 Å². The Morgan fingerprint density at radius 2 is 1.79 bits per heavy atom. The summed E-state index contributed by atoms with van der Waals surface area (Å²) in [6, 6.07) is 12.0. The van der Waals surface area contributed by atoms with Crippen LogP contribution in [-0.2, 0) is 9.59 Å². The van der Waals surface area contributed by atoms with Crippen LogP contribution in [0, 0.1) is 24.7 Å². The maximum atomic E-state index is 13.1. The summed E-state index contributed by atoms with van der Waals surface area (Å²) in [4.78, 5) is 40.4. The summed E-state index contributed by atoms with van der Waals surface area (Å²) in [5, 5.41) is 3.37. The van der Waals surface area contributed by atoms with Crippen molar-refractivity contribution in [2.45, 2.75) is 33.1 Å². The Balaban J connectivity index is 1.67. The maximum absolute atomic E-state index is 13.1. The van der Waals surface area contributed by atoms with E-state index in [0.29, 0.717) is 27.9 Å². The van der Waals surface area contributed by atoms with Gasteiger partial charge >= 0.3 is 0 Å². The minimum Gasteiger partial charge on any atom is -0.322 e. The lowest BCUT2D eigenvalue weighted by Crippen LogP contribution is -2.33. The van der Waals surface area contributed by atoms with Crippen LogP contribution in [0.3, 0.4) is 0 Å². The SMILES string of the molecule is Cc1ccc(Cl)cc1NC(=O)c1ccccc1N1C(=O)[C@H]2C[C@H](C)CC[C@H]2C1=O. The van der Waals surface area contributed by atoms with E-state index in [1.54, 1.807) is 36.4 Å². The van der Waals surface area contributed by atoms with Crippen molar-refractivity contribution in [1.82, 2.24) is 0 Å². The number of amides is 3. The van der Waals surface area contributed by atoms with Crippen LogP contribution in [0.5, 0.6) is 0 Å². The number of nitrogens with one attached hydrogen (secondary N) is 1. The van der Waals surface area contributed by atoms with Gasteiger partial charge in [0.25, 0.3) is 5.91 Å². The van der Waals surface area contributed by atoms with Gasteiger partial charge in [-0.05, 0) is 61.9 Å². The second-order valence-electron chi connectivity index (χ2n) is 8.07. The van der Waals surface area contributed by atoms with Crippen LogP contribution in [-0.4, -0.2) is 17.7 Å². The molecule has 6 heteroatoms. The highest BCUT2D eigenvalue weighted by atomic mass is 35.5. The fourth-order valence-corrected chi connectivity index (χ4v) is 4.58. The molecule has 1 aliphatic heterocycles. The lowest BCUT2D eigenvalue weighted by molar-refractivity contribution is -0.122. The molecule has 5 nitrogen and oxygen atoms in total. The van der Waals surface area contributed by atoms with Crippen LogP contribution in [0.1, 0.15) is 42.1 Å². The standard InChI is InChI=1S/C23H23ClN2O3/c1-13-7-10-16-18(11-13)23(29)26(22(16)28)20-6-4-3-5-17(20)21(27)25-19-12-15(24)9-8-14(19)2/h3-6,8-9,12-13,16,18H,7,10-11H2,1-2H3,(H,25,27)/t13-,16-,18+/m1/s1. The highest BCUT2D eigenvalue weighted by Gasteiger charge is 2.50. The molecule has 1 saturated heterocycles. The van der Waals surface area contributed by atoms with Crippen molar-refractivity contribution in [3.63, 3.8) is 0 Å². The molecular weight excluding hydrogens is 388 g/mol. The zero-order valence-corrected chi connectivity index (χ0v) is 17.2. The van der Waals surface area contributed by atoms with E-state index in [-0.39, 0.29) is 29.6 Å². The average molecular weight is 411 g/mol. The van der Waals surface area contributed by atoms with Gasteiger partial charge in [-0.25, -0.2) is 4.90 Å². The molecule has 3 amide bonds. The van der Waals surface area contributed by atoms with E-state index in [1.807, 2.05) is 13.0 Å². The number of rotatable bonds is 3. The number of aryl methyl sites for hydroxylation is 1. The maximum Gasteiger partial charge on any atom is 0.257 e. The number of hydrogen-bond acceptors (Lipinski definition) is 3. The molecule has 2 aliphatic rings. The predicted octanol–water partition coefficient (Wildman–Crippen LogP) is 4.83. The van der Waals surface area contributed by atoms with Gasteiger partial charge in [-0.15, -0.1) is 0 Å². The smallest absolute Gasteiger partial charge is 0.257 e. The summed E-state index contributed by atoms with van der Waals surface area (Å²) in [6.45, 7) is 3.99. The third-order valence-electron chi connectivity index (χ3n) is 6.03. The molecule has 0 bridgehead atoms. The van der Waals surface area contributed by atoms with E-state index in [0.717, 1.165) is 24.8 Å². The summed E-state index contributed by atoms with van der Waals surface area (Å²) >= 11 is 6.05. The van der Waals surface area contributed by atoms with Crippen molar-refractivity contribution in [1.29, 1.82) is 0 Å². The fraction of sp³-hybridized carbons (Fsp3) is 0.348. The van der Waals surface area contributed by atoms with E-state index in [2.05, 4.69) is 12.2 Å². The highest BCUT2D eigenvalue weighted by molar-refractivity contribution is 6.31. The third-order valence-corrected chi connectivity index (χ3v) is 6.26. The summed E-state index contributed by atoms with van der Waals surface area (Å²) in [5.74, 6) is -0.883. The Morgan fingerprint density at radius 3 is 2.59 bits per heavy atom. The van der Waals surface area contributed by atoms with Crippen molar-refractivity contribution < 1.29 is 14.4 Å². The zero-order valence-electron chi connectivity index (χ0n) is 16.4. The molecular formula is C23H23ClN2O3. The molecule has 2 aromatic rings. The Hall–Kier alpha value is -2.66. The van der Waals surface area contributed by atoms with E-state index in [9.17, 15) is 14.4 Å². The summed E-state index contributed by atoms with van der Waals surface area (Å²) in [6.07, 6.45) is 2.40. The second kappa shape index (κ2) is 7.64. The van der Waals surface area contributed by atoms with Crippen LogP contribution < -0.4 is 10.2 Å². The molecule has 2 aromatic carbocycles. The largest absolute Gasteiger partial charge is 0.322 e. The predicted molar refractivity (Wildman–Crippen MR) is 113 cm³/mol. The van der Waals surface area contributed by atoms with Crippen LogP contribution in [0.15, 0.2) is 42.5 Å². The number of anilines is 2. The van der Waals surface area contributed by atoms with Crippen LogP contribution in [0.25, 0.3) is 0 Å². The first-order valence-electron chi connectivity index (χ1n) is 9.91. The van der Waals surface area contributed by atoms with Gasteiger partial charge in [0.2, 0.25) is 11.8 Å². The number of benzene rings is 2. The van der Waals surface area contributed by atoms with Crippen LogP contribution in [0.2, 0.25) is 5.02 Å². The monoisotopic (exact) mass is 410 g/mol. The molecule has 1 aliphatic carbocycles. The lowest BCUT2D eigenvalue weighted by Gasteiger charge is -2.25. The Kier molecular flexibility index (Phi) is 5.17. The molecule has 150 valence electrons. The number of imide groups is 1. The normalized spacial score (nSPS) is 23.8. The summed E-state index contributed by atoms with van der Waals surface area (Å²) in [7, 11) is 0. The number of carbonyl (C=O) groups excluding carboxylic acids is 3. The Labute approximate surface area is 175 Å². The van der Waals surface area contributed by atoms with Crippen molar-refractivity contribution in [3.05, 3.63) is 58.6 Å². The molecule has 0 spiro atoms. The van der Waals surface area contributed by atoms with Gasteiger partial charge < -0.3 is 5.32 Å². The van der Waals surface area contributed by atoms with Crippen molar-refractivity contribution in [2.24, 2.45) is 17.8 Å². The molecule has 4 rings (SSSR count). The molecule has 3 atom stereocenters. The van der Waals surface area contributed by atoms with Gasteiger partial charge in [-0.3, -0.25) is 14.4 Å². The van der Waals surface area contributed by atoms with E-state index in [4.69, 9.17) is 11.6 Å². The number of halogens is 1. The van der Waals surface area contributed by atoms with Crippen LogP contribution >= 0.6 is 11.6 Å². The number of nitrogens with zero attached hydrogens (tertiary/aromatic N) is 1. The van der Waals surface area contributed by atoms with Crippen LogP contribution in [0.4, 0.5) is 11.4 Å². The second-order valence-corrected chi connectivity index (χ2v) is 8.51.